The van der Waals surface area contributed by atoms with Crippen molar-refractivity contribution >= 4 is 17.1 Å². The molecule has 2 saturated carbocycles. The summed E-state index contributed by atoms with van der Waals surface area (Å²) in [7, 11) is 0. The first-order valence-electron chi connectivity index (χ1n) is 6.68. The summed E-state index contributed by atoms with van der Waals surface area (Å²) in [6, 6.07) is 3.74. The summed E-state index contributed by atoms with van der Waals surface area (Å²) in [5.74, 6) is 0.757. The van der Waals surface area contributed by atoms with Crippen molar-refractivity contribution in [2.75, 3.05) is 11.9 Å². The number of nitrogens with one attached hydrogen (secondary N) is 1. The Morgan fingerprint density at radius 2 is 1.90 bits per heavy atom. The van der Waals surface area contributed by atoms with E-state index in [-0.39, 0.29) is 11.4 Å². The van der Waals surface area contributed by atoms with Gasteiger partial charge in [-0.25, -0.2) is 0 Å². The monoisotopic (exact) mass is 277 g/mol. The average molecular weight is 277 g/mol. The predicted octanol–water partition coefficient (Wildman–Crippen LogP) is 3.11. The Morgan fingerprint density at radius 1 is 1.20 bits per heavy atom. The standard InChI is InChI=1S/C13H15N3O4/c17-15(18)10-3-4-11(12(7-10)16(19)20)14-8-13(5-6-13)9-1-2-9/h3-4,7,9,14H,1-2,5-6,8H2. The highest BCUT2D eigenvalue weighted by Gasteiger charge is 2.53. The number of benzene rings is 1. The first-order valence-corrected chi connectivity index (χ1v) is 6.68. The maximum Gasteiger partial charge on any atom is 0.299 e. The fraction of sp³-hybridized carbons (Fsp3) is 0.538. The second-order valence-electron chi connectivity index (χ2n) is 5.71. The number of rotatable bonds is 6. The number of nitro groups is 2. The van der Waals surface area contributed by atoms with Gasteiger partial charge in [-0.1, -0.05) is 0 Å². The van der Waals surface area contributed by atoms with Crippen molar-refractivity contribution in [1.29, 1.82) is 0 Å². The fourth-order valence-corrected chi connectivity index (χ4v) is 2.79. The van der Waals surface area contributed by atoms with Crippen LogP contribution in [0.15, 0.2) is 18.2 Å². The molecule has 0 saturated heterocycles. The van der Waals surface area contributed by atoms with Crippen LogP contribution in [0.4, 0.5) is 17.1 Å². The molecule has 1 aromatic rings. The Balaban J connectivity index is 1.78. The van der Waals surface area contributed by atoms with Crippen molar-refractivity contribution in [3.63, 3.8) is 0 Å². The highest BCUT2D eigenvalue weighted by atomic mass is 16.6. The van der Waals surface area contributed by atoms with Crippen LogP contribution in [0.3, 0.4) is 0 Å². The molecule has 1 aromatic carbocycles. The van der Waals surface area contributed by atoms with E-state index in [9.17, 15) is 20.2 Å². The molecule has 2 aliphatic rings. The van der Waals surface area contributed by atoms with Crippen LogP contribution in [0.2, 0.25) is 0 Å². The summed E-state index contributed by atoms with van der Waals surface area (Å²) >= 11 is 0. The first kappa shape index (κ1) is 12.8. The normalized spacial score (nSPS) is 19.4. The van der Waals surface area contributed by atoms with Crippen LogP contribution in [-0.2, 0) is 0 Å². The molecule has 2 aliphatic carbocycles. The second-order valence-corrected chi connectivity index (χ2v) is 5.71. The quantitative estimate of drug-likeness (QED) is 0.636. The average Bonchev–Trinajstić information content (AvgIpc) is 3.27. The molecular formula is C13H15N3O4. The summed E-state index contributed by atoms with van der Waals surface area (Å²) < 4.78 is 0. The van der Waals surface area contributed by atoms with E-state index in [1.54, 1.807) is 0 Å². The fourth-order valence-electron chi connectivity index (χ4n) is 2.79. The number of nitrogens with zero attached hydrogens (tertiary/aromatic N) is 2. The van der Waals surface area contributed by atoms with Gasteiger partial charge < -0.3 is 5.32 Å². The Morgan fingerprint density at radius 3 is 2.40 bits per heavy atom. The number of non-ortho nitro benzene ring substituents is 1. The van der Waals surface area contributed by atoms with Crippen molar-refractivity contribution in [2.45, 2.75) is 25.7 Å². The molecule has 2 fully saturated rings. The minimum absolute atomic E-state index is 0.231. The molecule has 0 aliphatic heterocycles. The van der Waals surface area contributed by atoms with Gasteiger partial charge in [0, 0.05) is 12.6 Å². The van der Waals surface area contributed by atoms with Gasteiger partial charge in [-0.2, -0.15) is 0 Å². The van der Waals surface area contributed by atoms with Gasteiger partial charge in [0.05, 0.1) is 15.9 Å². The zero-order chi connectivity index (χ0) is 14.3. The van der Waals surface area contributed by atoms with Crippen LogP contribution in [0, 0.1) is 31.6 Å². The molecule has 0 radical (unpaired) electrons. The number of anilines is 1. The summed E-state index contributed by atoms with van der Waals surface area (Å²) in [6.45, 7) is 0.719. The Bertz CT molecular complexity index is 579. The summed E-state index contributed by atoms with van der Waals surface area (Å²) in [4.78, 5) is 20.5. The van der Waals surface area contributed by atoms with Crippen LogP contribution in [0.25, 0.3) is 0 Å². The van der Waals surface area contributed by atoms with Crippen LogP contribution in [0.5, 0.6) is 0 Å². The summed E-state index contributed by atoms with van der Waals surface area (Å²) in [5.41, 5.74) is 0.194. The third kappa shape index (κ3) is 2.31. The van der Waals surface area contributed by atoms with Crippen LogP contribution >= 0.6 is 0 Å². The third-order valence-electron chi connectivity index (χ3n) is 4.36. The topological polar surface area (TPSA) is 98.3 Å². The number of hydrogen-bond donors (Lipinski definition) is 1. The zero-order valence-corrected chi connectivity index (χ0v) is 10.9. The molecule has 3 rings (SSSR count). The van der Waals surface area contributed by atoms with Crippen molar-refractivity contribution in [3.05, 3.63) is 38.4 Å². The van der Waals surface area contributed by atoms with E-state index in [1.165, 1.54) is 37.8 Å². The van der Waals surface area contributed by atoms with E-state index >= 15 is 0 Å². The highest BCUT2D eigenvalue weighted by Crippen LogP contribution is 2.61. The SMILES string of the molecule is O=[N+]([O-])c1ccc(NCC2(C3CC3)CC2)c([N+](=O)[O-])c1. The molecule has 0 amide bonds. The molecule has 7 heteroatoms. The van der Waals surface area contributed by atoms with E-state index in [1.807, 2.05) is 0 Å². The lowest BCUT2D eigenvalue weighted by molar-refractivity contribution is -0.393. The van der Waals surface area contributed by atoms with E-state index in [2.05, 4.69) is 5.32 Å². The van der Waals surface area contributed by atoms with Crippen molar-refractivity contribution in [2.24, 2.45) is 11.3 Å². The van der Waals surface area contributed by atoms with E-state index in [0.29, 0.717) is 11.1 Å². The predicted molar refractivity (Wildman–Crippen MR) is 72.6 cm³/mol. The number of hydrogen-bond acceptors (Lipinski definition) is 5. The van der Waals surface area contributed by atoms with Gasteiger partial charge in [-0.05, 0) is 43.1 Å². The van der Waals surface area contributed by atoms with Crippen LogP contribution in [-0.4, -0.2) is 16.4 Å². The number of nitro benzene ring substituents is 2. The van der Waals surface area contributed by atoms with Gasteiger partial charge in [0.1, 0.15) is 5.69 Å². The lowest BCUT2D eigenvalue weighted by atomic mass is 10.0. The van der Waals surface area contributed by atoms with Gasteiger partial charge in [0.25, 0.3) is 11.4 Å². The second kappa shape index (κ2) is 4.43. The summed E-state index contributed by atoms with van der Waals surface area (Å²) in [5, 5.41) is 24.8. The molecule has 0 atom stereocenters. The molecule has 106 valence electrons. The van der Waals surface area contributed by atoms with Gasteiger partial charge in [0.2, 0.25) is 0 Å². The highest BCUT2D eigenvalue weighted by molar-refractivity contribution is 5.65. The molecular weight excluding hydrogens is 262 g/mol. The van der Waals surface area contributed by atoms with E-state index in [4.69, 9.17) is 0 Å². The first-order chi connectivity index (χ1) is 9.52. The van der Waals surface area contributed by atoms with Gasteiger partial charge in [0.15, 0.2) is 0 Å². The minimum atomic E-state index is -0.622. The van der Waals surface area contributed by atoms with Gasteiger partial charge in [-0.3, -0.25) is 20.2 Å². The van der Waals surface area contributed by atoms with Crippen LogP contribution in [0.1, 0.15) is 25.7 Å². The van der Waals surface area contributed by atoms with Gasteiger partial charge in [-0.15, -0.1) is 0 Å². The lowest BCUT2D eigenvalue weighted by Crippen LogP contribution is -2.18. The van der Waals surface area contributed by atoms with Crippen molar-refractivity contribution in [3.8, 4) is 0 Å². The van der Waals surface area contributed by atoms with Crippen molar-refractivity contribution in [1.82, 2.24) is 0 Å². The lowest BCUT2D eigenvalue weighted by Gasteiger charge is -2.15. The molecule has 7 nitrogen and oxygen atoms in total. The van der Waals surface area contributed by atoms with Crippen molar-refractivity contribution < 1.29 is 9.85 Å². The maximum atomic E-state index is 11.0. The molecule has 20 heavy (non-hydrogen) atoms. The van der Waals surface area contributed by atoms with Gasteiger partial charge >= 0.3 is 0 Å². The third-order valence-corrected chi connectivity index (χ3v) is 4.36. The smallest absolute Gasteiger partial charge is 0.299 e. The molecule has 0 unspecified atom stereocenters. The minimum Gasteiger partial charge on any atom is -0.379 e. The Hall–Kier alpha value is -2.18. The molecule has 0 heterocycles. The molecule has 0 bridgehead atoms. The molecule has 0 aromatic heterocycles. The van der Waals surface area contributed by atoms with E-state index < -0.39 is 9.85 Å². The summed E-state index contributed by atoms with van der Waals surface area (Å²) in [6.07, 6.45) is 4.85. The maximum absolute atomic E-state index is 11.0. The van der Waals surface area contributed by atoms with Crippen LogP contribution < -0.4 is 5.32 Å². The Labute approximate surface area is 115 Å². The molecule has 0 spiro atoms. The Kier molecular flexibility index (Phi) is 2.84. The molecule has 1 N–H and O–H groups in total. The van der Waals surface area contributed by atoms with E-state index in [0.717, 1.165) is 18.5 Å². The zero-order valence-electron chi connectivity index (χ0n) is 10.9. The largest absolute Gasteiger partial charge is 0.379 e.